The molecular weight excluding hydrogens is 300 g/mol. The summed E-state index contributed by atoms with van der Waals surface area (Å²) in [6.07, 6.45) is 2.47. The van der Waals surface area contributed by atoms with E-state index in [0.717, 1.165) is 24.3 Å². The summed E-state index contributed by atoms with van der Waals surface area (Å²) in [6.45, 7) is 1.92. The highest BCUT2D eigenvalue weighted by Gasteiger charge is 2.27. The fourth-order valence-corrected chi connectivity index (χ4v) is 4.27. The van der Waals surface area contributed by atoms with Gasteiger partial charge in [0.05, 0.1) is 12.2 Å². The van der Waals surface area contributed by atoms with Crippen LogP contribution in [0.2, 0.25) is 0 Å². The second-order valence-electron chi connectivity index (χ2n) is 5.39. The van der Waals surface area contributed by atoms with E-state index in [1.807, 2.05) is 29.5 Å². The van der Waals surface area contributed by atoms with Gasteiger partial charge in [-0.25, -0.2) is 0 Å². The summed E-state index contributed by atoms with van der Waals surface area (Å²) >= 11 is 7.24. The topological polar surface area (TPSA) is 21.3 Å². The zero-order valence-corrected chi connectivity index (χ0v) is 13.2. The Morgan fingerprint density at radius 3 is 3.00 bits per heavy atom. The molecule has 0 aliphatic carbocycles. The monoisotopic (exact) mass is 316 g/mol. The van der Waals surface area contributed by atoms with Crippen molar-refractivity contribution in [3.63, 3.8) is 0 Å². The van der Waals surface area contributed by atoms with Crippen LogP contribution < -0.4 is 0 Å². The first-order chi connectivity index (χ1) is 10.3. The quantitative estimate of drug-likeness (QED) is 0.647. The molecule has 3 heterocycles. The highest BCUT2D eigenvalue weighted by molar-refractivity contribution is 7.71. The van der Waals surface area contributed by atoms with E-state index in [9.17, 15) is 0 Å². The van der Waals surface area contributed by atoms with Gasteiger partial charge in [0.2, 0.25) is 0 Å². The number of hydrogen-bond acceptors (Lipinski definition) is 4. The van der Waals surface area contributed by atoms with Gasteiger partial charge in [0.1, 0.15) is 0 Å². The van der Waals surface area contributed by atoms with Gasteiger partial charge in [-0.15, -0.1) is 11.3 Å². The van der Waals surface area contributed by atoms with Crippen molar-refractivity contribution < 1.29 is 4.42 Å². The molecule has 3 nitrogen and oxygen atoms in total. The van der Waals surface area contributed by atoms with Crippen LogP contribution >= 0.6 is 23.6 Å². The van der Waals surface area contributed by atoms with E-state index < -0.39 is 0 Å². The standard InChI is InChI=1S/C16H16N2OS2/c20-16-18(12-5-1-2-7-14(12)19-16)11-17-9-3-6-13(17)15-8-4-10-21-15/h1-2,4-5,7-8,10,13H,3,6,9,11H2/t13-/m0/s1. The van der Waals surface area contributed by atoms with E-state index >= 15 is 0 Å². The van der Waals surface area contributed by atoms with Crippen molar-refractivity contribution in [2.75, 3.05) is 6.54 Å². The number of rotatable bonds is 3. The molecule has 0 N–H and O–H groups in total. The highest BCUT2D eigenvalue weighted by atomic mass is 32.1. The molecule has 1 atom stereocenters. The fourth-order valence-electron chi connectivity index (χ4n) is 3.13. The van der Waals surface area contributed by atoms with E-state index in [2.05, 4.69) is 33.0 Å². The van der Waals surface area contributed by atoms with Gasteiger partial charge >= 0.3 is 0 Å². The predicted molar refractivity (Wildman–Crippen MR) is 88.0 cm³/mol. The van der Waals surface area contributed by atoms with Gasteiger partial charge in [-0.1, -0.05) is 18.2 Å². The van der Waals surface area contributed by atoms with Gasteiger partial charge in [-0.2, -0.15) is 0 Å². The van der Waals surface area contributed by atoms with Crippen LogP contribution in [0, 0.1) is 4.84 Å². The summed E-state index contributed by atoms with van der Waals surface area (Å²) in [5.74, 6) is 0. The zero-order chi connectivity index (χ0) is 14.2. The van der Waals surface area contributed by atoms with E-state index in [0.29, 0.717) is 10.9 Å². The second kappa shape index (κ2) is 5.40. The summed E-state index contributed by atoms with van der Waals surface area (Å²) < 4.78 is 7.80. The number of para-hydroxylation sites is 2. The molecule has 0 amide bonds. The highest BCUT2D eigenvalue weighted by Crippen LogP contribution is 2.35. The molecule has 5 heteroatoms. The van der Waals surface area contributed by atoms with E-state index in [1.165, 1.54) is 17.7 Å². The van der Waals surface area contributed by atoms with Gasteiger partial charge < -0.3 is 4.42 Å². The Bertz CT molecular complexity index is 803. The van der Waals surface area contributed by atoms with Crippen LogP contribution in [0.1, 0.15) is 23.8 Å². The Balaban J connectivity index is 1.68. The van der Waals surface area contributed by atoms with Crippen molar-refractivity contribution in [2.24, 2.45) is 0 Å². The van der Waals surface area contributed by atoms with Gasteiger partial charge in [0.15, 0.2) is 5.58 Å². The second-order valence-corrected chi connectivity index (χ2v) is 6.72. The molecule has 1 aliphatic rings. The lowest BCUT2D eigenvalue weighted by Crippen LogP contribution is -2.25. The molecule has 2 aromatic heterocycles. The van der Waals surface area contributed by atoms with Gasteiger partial charge in [0, 0.05) is 17.5 Å². The molecule has 1 fully saturated rings. The lowest BCUT2D eigenvalue weighted by Gasteiger charge is -2.23. The van der Waals surface area contributed by atoms with Crippen molar-refractivity contribution >= 4 is 34.7 Å². The molecule has 0 bridgehead atoms. The molecule has 0 saturated carbocycles. The number of likely N-dealkylation sites (tertiary alicyclic amines) is 1. The first kappa shape index (κ1) is 13.2. The third-order valence-corrected chi connectivity index (χ3v) is 5.41. The minimum Gasteiger partial charge on any atom is -0.429 e. The Morgan fingerprint density at radius 2 is 2.14 bits per heavy atom. The van der Waals surface area contributed by atoms with Crippen LogP contribution in [0.15, 0.2) is 46.2 Å². The third kappa shape index (κ3) is 2.35. The molecule has 0 radical (unpaired) electrons. The van der Waals surface area contributed by atoms with Crippen LogP contribution in [-0.4, -0.2) is 16.0 Å². The summed E-state index contributed by atoms with van der Waals surface area (Å²) in [4.78, 5) is 4.52. The van der Waals surface area contributed by atoms with Crippen LogP contribution in [-0.2, 0) is 6.67 Å². The Kier molecular flexibility index (Phi) is 3.41. The maximum Gasteiger partial charge on any atom is 0.270 e. The first-order valence-corrected chi connectivity index (χ1v) is 8.47. The lowest BCUT2D eigenvalue weighted by molar-refractivity contribution is 0.203. The Hall–Kier alpha value is -1.43. The van der Waals surface area contributed by atoms with E-state index in [1.54, 1.807) is 0 Å². The summed E-state index contributed by atoms with van der Waals surface area (Å²) in [6, 6.07) is 12.9. The number of hydrogen-bond donors (Lipinski definition) is 0. The first-order valence-electron chi connectivity index (χ1n) is 7.19. The van der Waals surface area contributed by atoms with Crippen molar-refractivity contribution in [2.45, 2.75) is 25.6 Å². The maximum absolute atomic E-state index is 5.69. The normalized spacial score (nSPS) is 19.5. The third-order valence-electron chi connectivity index (χ3n) is 4.13. The summed E-state index contributed by atoms with van der Waals surface area (Å²) in [5, 5.41) is 2.16. The number of benzene rings is 1. The molecule has 1 saturated heterocycles. The van der Waals surface area contributed by atoms with Gasteiger partial charge in [0.25, 0.3) is 4.84 Å². The van der Waals surface area contributed by atoms with E-state index in [-0.39, 0.29) is 0 Å². The Morgan fingerprint density at radius 1 is 1.24 bits per heavy atom. The number of fused-ring (bicyclic) bond motifs is 1. The van der Waals surface area contributed by atoms with Crippen molar-refractivity contribution in [3.05, 3.63) is 51.5 Å². The molecule has 21 heavy (non-hydrogen) atoms. The molecule has 0 spiro atoms. The summed E-state index contributed by atoms with van der Waals surface area (Å²) in [5.41, 5.74) is 1.95. The van der Waals surface area contributed by atoms with Crippen LogP contribution in [0.5, 0.6) is 0 Å². The number of thiophene rings is 1. The predicted octanol–water partition coefficient (Wildman–Crippen LogP) is 4.82. The Labute approximate surface area is 132 Å². The minimum absolute atomic E-state index is 0.514. The molecule has 1 aromatic carbocycles. The molecule has 108 valence electrons. The van der Waals surface area contributed by atoms with Crippen molar-refractivity contribution in [1.29, 1.82) is 0 Å². The zero-order valence-electron chi connectivity index (χ0n) is 11.6. The fraction of sp³-hybridized carbons (Fsp3) is 0.312. The van der Waals surface area contributed by atoms with E-state index in [4.69, 9.17) is 16.6 Å². The van der Waals surface area contributed by atoms with Gasteiger partial charge in [-0.3, -0.25) is 9.47 Å². The van der Waals surface area contributed by atoms with Crippen molar-refractivity contribution in [1.82, 2.24) is 9.47 Å². The molecule has 0 unspecified atom stereocenters. The average Bonchev–Trinajstić information content (AvgIpc) is 3.20. The SMILES string of the molecule is S=c1oc2ccccc2n1CN1CCC[C@H]1c1cccs1. The van der Waals surface area contributed by atoms with Crippen LogP contribution in [0.3, 0.4) is 0 Å². The molecule has 4 rings (SSSR count). The average molecular weight is 316 g/mol. The summed E-state index contributed by atoms with van der Waals surface area (Å²) in [7, 11) is 0. The number of aromatic nitrogens is 1. The minimum atomic E-state index is 0.514. The van der Waals surface area contributed by atoms with Crippen molar-refractivity contribution in [3.8, 4) is 0 Å². The molecular formula is C16H16N2OS2. The van der Waals surface area contributed by atoms with Crippen LogP contribution in [0.25, 0.3) is 11.1 Å². The lowest BCUT2D eigenvalue weighted by atomic mass is 10.2. The maximum atomic E-state index is 5.69. The largest absolute Gasteiger partial charge is 0.429 e. The number of oxazole rings is 1. The molecule has 1 aliphatic heterocycles. The van der Waals surface area contributed by atoms with Gasteiger partial charge in [-0.05, 0) is 48.6 Å². The van der Waals surface area contributed by atoms with Crippen LogP contribution in [0.4, 0.5) is 0 Å². The molecule has 3 aromatic rings. The number of nitrogens with zero attached hydrogens (tertiary/aromatic N) is 2. The smallest absolute Gasteiger partial charge is 0.270 e.